The summed E-state index contributed by atoms with van der Waals surface area (Å²) in [6.45, 7) is 4.53. The maximum atomic E-state index is 12.9. The Morgan fingerprint density at radius 3 is 2.50 bits per heavy atom. The van der Waals surface area contributed by atoms with Crippen LogP contribution in [0, 0.1) is 13.8 Å². The topological polar surface area (TPSA) is 71.4 Å². The molecule has 7 nitrogen and oxygen atoms in total. The number of pyridine rings is 1. The summed E-state index contributed by atoms with van der Waals surface area (Å²) in [6.07, 6.45) is 2.09. The Morgan fingerprint density at radius 2 is 1.79 bits per heavy atom. The summed E-state index contributed by atoms with van der Waals surface area (Å²) in [5.41, 5.74) is 5.94. The Hall–Kier alpha value is -4.17. The predicted molar refractivity (Wildman–Crippen MR) is 154 cm³/mol. The molecule has 5 rings (SSSR count). The SMILES string of the molecule is COc1ccc(-n2c(C)ccc2[C@H]2[C@@H](c3ccccn3)NC(=S)N2CCC(=O)Nc2ccccc2C)cc1. The molecule has 1 aliphatic rings. The molecule has 3 heterocycles. The van der Waals surface area contributed by atoms with Crippen LogP contribution in [0.1, 0.15) is 41.1 Å². The fourth-order valence-corrected chi connectivity index (χ4v) is 5.32. The van der Waals surface area contributed by atoms with Gasteiger partial charge in [0.05, 0.1) is 24.9 Å². The van der Waals surface area contributed by atoms with Gasteiger partial charge in [0, 0.05) is 41.9 Å². The first-order valence-corrected chi connectivity index (χ1v) is 13.0. The molecule has 2 aromatic carbocycles. The van der Waals surface area contributed by atoms with Crippen LogP contribution in [-0.4, -0.2) is 39.1 Å². The minimum absolute atomic E-state index is 0.0520. The third-order valence-electron chi connectivity index (χ3n) is 6.94. The van der Waals surface area contributed by atoms with Crippen LogP contribution in [0.5, 0.6) is 5.75 Å². The van der Waals surface area contributed by atoms with Crippen LogP contribution in [0.3, 0.4) is 0 Å². The normalized spacial score (nSPS) is 16.8. The number of aromatic nitrogens is 2. The van der Waals surface area contributed by atoms with E-state index in [2.05, 4.69) is 44.1 Å². The molecule has 2 aromatic heterocycles. The van der Waals surface area contributed by atoms with Crippen molar-refractivity contribution in [3.8, 4) is 11.4 Å². The highest BCUT2D eigenvalue weighted by Gasteiger charge is 2.41. The van der Waals surface area contributed by atoms with Crippen molar-refractivity contribution in [2.24, 2.45) is 0 Å². The molecule has 0 bridgehead atoms. The fourth-order valence-electron chi connectivity index (χ4n) is 4.99. The van der Waals surface area contributed by atoms with Crippen LogP contribution in [0.2, 0.25) is 0 Å². The van der Waals surface area contributed by atoms with E-state index in [1.165, 1.54) is 0 Å². The smallest absolute Gasteiger partial charge is 0.226 e. The number of ether oxygens (including phenoxy) is 1. The molecule has 0 spiro atoms. The van der Waals surface area contributed by atoms with Crippen LogP contribution in [-0.2, 0) is 4.79 Å². The molecule has 2 atom stereocenters. The maximum Gasteiger partial charge on any atom is 0.226 e. The van der Waals surface area contributed by atoms with Crippen LogP contribution in [0.15, 0.2) is 85.1 Å². The van der Waals surface area contributed by atoms with Gasteiger partial charge in [-0.2, -0.15) is 0 Å². The molecule has 1 saturated heterocycles. The molecule has 1 amide bonds. The van der Waals surface area contributed by atoms with Crippen molar-refractivity contribution in [3.63, 3.8) is 0 Å². The second kappa shape index (κ2) is 11.1. The standard InChI is InChI=1S/C30H31N5O2S/c1-20-8-4-5-9-24(20)32-27(36)17-19-34-29(28(33-30(34)38)25-10-6-7-18-31-25)26-16-11-21(2)35(26)22-12-14-23(37-3)15-13-22/h4-16,18,28-29H,17,19H2,1-3H3,(H,32,36)(H,33,38)/t28-,29+/m1/s1. The van der Waals surface area contributed by atoms with E-state index in [0.717, 1.165) is 39.8 Å². The molecule has 4 aromatic rings. The molecule has 0 unspecified atom stereocenters. The Labute approximate surface area is 228 Å². The largest absolute Gasteiger partial charge is 0.497 e. The zero-order valence-corrected chi connectivity index (χ0v) is 22.5. The summed E-state index contributed by atoms with van der Waals surface area (Å²) in [5, 5.41) is 7.13. The lowest BCUT2D eigenvalue weighted by Crippen LogP contribution is -2.33. The first-order valence-electron chi connectivity index (χ1n) is 12.6. The van der Waals surface area contributed by atoms with Crippen molar-refractivity contribution in [3.05, 3.63) is 108 Å². The van der Waals surface area contributed by atoms with Crippen molar-refractivity contribution in [2.75, 3.05) is 19.0 Å². The number of methoxy groups -OCH3 is 1. The predicted octanol–water partition coefficient (Wildman–Crippen LogP) is 5.50. The van der Waals surface area contributed by atoms with Gasteiger partial charge in [0.2, 0.25) is 5.91 Å². The van der Waals surface area contributed by atoms with Crippen molar-refractivity contribution < 1.29 is 9.53 Å². The Kier molecular flexibility index (Phi) is 7.42. The summed E-state index contributed by atoms with van der Waals surface area (Å²) < 4.78 is 7.60. The molecular formula is C30H31N5O2S. The van der Waals surface area contributed by atoms with Gasteiger partial charge in [-0.15, -0.1) is 0 Å². The number of carbonyl (C=O) groups is 1. The average Bonchev–Trinajstić information content (AvgIpc) is 3.48. The quantitative estimate of drug-likeness (QED) is 0.296. The second-order valence-electron chi connectivity index (χ2n) is 9.37. The minimum atomic E-state index is -0.172. The van der Waals surface area contributed by atoms with Gasteiger partial charge in [-0.25, -0.2) is 0 Å². The van der Waals surface area contributed by atoms with E-state index in [1.54, 1.807) is 13.3 Å². The summed E-state index contributed by atoms with van der Waals surface area (Å²) in [5.74, 6) is 0.750. The van der Waals surface area contributed by atoms with Gasteiger partial charge in [0.25, 0.3) is 0 Å². The molecular weight excluding hydrogens is 494 g/mol. The number of nitrogens with one attached hydrogen (secondary N) is 2. The number of carbonyl (C=O) groups excluding carboxylic acids is 1. The molecule has 1 fully saturated rings. The van der Waals surface area contributed by atoms with Crippen molar-refractivity contribution in [2.45, 2.75) is 32.4 Å². The van der Waals surface area contributed by atoms with Gasteiger partial charge >= 0.3 is 0 Å². The van der Waals surface area contributed by atoms with Crippen LogP contribution in [0.25, 0.3) is 5.69 Å². The van der Waals surface area contributed by atoms with Crippen LogP contribution >= 0.6 is 12.2 Å². The van der Waals surface area contributed by atoms with Gasteiger partial charge in [-0.05, 0) is 86.2 Å². The van der Waals surface area contributed by atoms with Crippen LogP contribution in [0.4, 0.5) is 5.69 Å². The van der Waals surface area contributed by atoms with Gasteiger partial charge in [-0.3, -0.25) is 9.78 Å². The Morgan fingerprint density at radius 1 is 1.03 bits per heavy atom. The highest BCUT2D eigenvalue weighted by Crippen LogP contribution is 2.40. The molecule has 0 radical (unpaired) electrons. The highest BCUT2D eigenvalue weighted by molar-refractivity contribution is 7.80. The van der Waals surface area contributed by atoms with E-state index in [0.29, 0.717) is 18.1 Å². The number of amides is 1. The van der Waals surface area contributed by atoms with Gasteiger partial charge in [0.15, 0.2) is 5.11 Å². The Balaban J connectivity index is 1.47. The zero-order valence-electron chi connectivity index (χ0n) is 21.7. The number of thiocarbonyl (C=S) groups is 1. The van der Waals surface area contributed by atoms with E-state index in [4.69, 9.17) is 17.0 Å². The van der Waals surface area contributed by atoms with E-state index >= 15 is 0 Å². The average molecular weight is 526 g/mol. The first kappa shape index (κ1) is 25.5. The monoisotopic (exact) mass is 525 g/mol. The lowest BCUT2D eigenvalue weighted by Gasteiger charge is -2.29. The summed E-state index contributed by atoms with van der Waals surface area (Å²) in [6, 6.07) is 25.6. The molecule has 8 heteroatoms. The van der Waals surface area contributed by atoms with Crippen molar-refractivity contribution >= 4 is 28.9 Å². The molecule has 0 aliphatic carbocycles. The number of benzene rings is 2. The molecule has 1 aliphatic heterocycles. The lowest BCUT2D eigenvalue weighted by atomic mass is 10.0. The third-order valence-corrected chi connectivity index (χ3v) is 7.29. The van der Waals surface area contributed by atoms with E-state index in [9.17, 15) is 4.79 Å². The summed E-state index contributed by atoms with van der Waals surface area (Å²) >= 11 is 5.83. The van der Waals surface area contributed by atoms with E-state index in [-0.39, 0.29) is 18.0 Å². The van der Waals surface area contributed by atoms with Gasteiger partial charge in [0.1, 0.15) is 5.75 Å². The third kappa shape index (κ3) is 5.13. The molecule has 2 N–H and O–H groups in total. The van der Waals surface area contributed by atoms with E-state index < -0.39 is 0 Å². The van der Waals surface area contributed by atoms with Gasteiger partial charge < -0.3 is 24.8 Å². The number of hydrogen-bond acceptors (Lipinski definition) is 4. The number of hydrogen-bond donors (Lipinski definition) is 2. The number of para-hydroxylation sites is 1. The Bertz CT molecular complexity index is 1430. The molecule has 0 saturated carbocycles. The lowest BCUT2D eigenvalue weighted by molar-refractivity contribution is -0.116. The van der Waals surface area contributed by atoms with E-state index in [1.807, 2.05) is 73.7 Å². The number of nitrogens with zero attached hydrogens (tertiary/aromatic N) is 3. The van der Waals surface area contributed by atoms with Crippen molar-refractivity contribution in [1.82, 2.24) is 19.8 Å². The fraction of sp³-hybridized carbons (Fsp3) is 0.233. The molecule has 194 valence electrons. The molecule has 38 heavy (non-hydrogen) atoms. The van der Waals surface area contributed by atoms with Gasteiger partial charge in [-0.1, -0.05) is 24.3 Å². The second-order valence-corrected chi connectivity index (χ2v) is 9.75. The van der Waals surface area contributed by atoms with Crippen molar-refractivity contribution in [1.29, 1.82) is 0 Å². The minimum Gasteiger partial charge on any atom is -0.497 e. The van der Waals surface area contributed by atoms with Crippen LogP contribution < -0.4 is 15.4 Å². The summed E-state index contributed by atoms with van der Waals surface area (Å²) in [7, 11) is 1.66. The number of rotatable bonds is 8. The number of aryl methyl sites for hydroxylation is 2. The summed E-state index contributed by atoms with van der Waals surface area (Å²) in [4.78, 5) is 19.7. The highest BCUT2D eigenvalue weighted by atomic mass is 32.1. The zero-order chi connectivity index (χ0) is 26.6. The maximum absolute atomic E-state index is 12.9. The first-order chi connectivity index (χ1) is 18.5. The number of anilines is 1.